The second-order valence-corrected chi connectivity index (χ2v) is 5.86. The molecule has 150 valence electrons. The molecule has 0 saturated heterocycles. The van der Waals surface area contributed by atoms with E-state index in [9.17, 15) is 14.9 Å². The number of hydrogen-bond donors (Lipinski definition) is 0. The Morgan fingerprint density at radius 1 is 1.10 bits per heavy atom. The smallest absolute Gasteiger partial charge is 0.342 e. The molecule has 2 aromatic carbocycles. The van der Waals surface area contributed by atoms with Gasteiger partial charge in [-0.25, -0.2) is 4.79 Å². The van der Waals surface area contributed by atoms with E-state index in [2.05, 4.69) is 10.2 Å². The summed E-state index contributed by atoms with van der Waals surface area (Å²) in [5, 5.41) is 18.5. The van der Waals surface area contributed by atoms with Crippen LogP contribution >= 0.6 is 0 Å². The van der Waals surface area contributed by atoms with Gasteiger partial charge in [0.05, 0.1) is 19.1 Å². The number of nitro benzene ring substituents is 1. The zero-order valence-corrected chi connectivity index (χ0v) is 15.8. The summed E-state index contributed by atoms with van der Waals surface area (Å²) in [5.74, 6) is 0.445. The Morgan fingerprint density at radius 3 is 2.45 bits per heavy atom. The number of nitrogens with zero attached hydrogens (tertiary/aromatic N) is 3. The maximum absolute atomic E-state index is 12.5. The van der Waals surface area contributed by atoms with Crippen LogP contribution in [0.1, 0.15) is 29.3 Å². The molecule has 3 rings (SSSR count). The summed E-state index contributed by atoms with van der Waals surface area (Å²) in [7, 11) is 2.94. The minimum atomic E-state index is -0.825. The molecule has 0 spiro atoms. The molecule has 29 heavy (non-hydrogen) atoms. The van der Waals surface area contributed by atoms with Gasteiger partial charge in [0.25, 0.3) is 11.6 Å². The minimum Gasteiger partial charge on any atom is -0.497 e. The average molecular weight is 399 g/mol. The third-order valence-corrected chi connectivity index (χ3v) is 4.03. The van der Waals surface area contributed by atoms with Crippen molar-refractivity contribution in [2.24, 2.45) is 0 Å². The van der Waals surface area contributed by atoms with E-state index in [1.807, 2.05) is 0 Å². The van der Waals surface area contributed by atoms with Gasteiger partial charge >= 0.3 is 5.97 Å². The van der Waals surface area contributed by atoms with E-state index >= 15 is 0 Å². The third kappa shape index (κ3) is 4.32. The normalized spacial score (nSPS) is 11.6. The molecule has 10 nitrogen and oxygen atoms in total. The summed E-state index contributed by atoms with van der Waals surface area (Å²) in [6, 6.07) is 10.4. The van der Waals surface area contributed by atoms with Crippen molar-refractivity contribution in [3.8, 4) is 23.0 Å². The summed E-state index contributed by atoms with van der Waals surface area (Å²) >= 11 is 0. The fourth-order valence-corrected chi connectivity index (χ4v) is 2.48. The van der Waals surface area contributed by atoms with Crippen molar-refractivity contribution in [3.63, 3.8) is 0 Å². The molecule has 0 saturated carbocycles. The number of carbonyl (C=O) groups excluding carboxylic acids is 1. The van der Waals surface area contributed by atoms with Crippen LogP contribution in [-0.2, 0) is 4.74 Å². The number of non-ortho nitro benzene ring substituents is 1. The maximum atomic E-state index is 12.5. The van der Waals surface area contributed by atoms with Gasteiger partial charge in [-0.2, -0.15) is 0 Å². The molecule has 0 radical (unpaired) electrons. The molecular formula is C19H17N3O7. The second-order valence-electron chi connectivity index (χ2n) is 5.86. The molecule has 0 N–H and O–H groups in total. The number of hydrogen-bond acceptors (Lipinski definition) is 9. The van der Waals surface area contributed by atoms with Crippen LogP contribution < -0.4 is 9.47 Å². The SMILES string of the molecule is COc1ccc(C(=O)OC(C)c2nnc(-c3ccc([N+](=O)[O-])cc3)o2)c(OC)c1. The van der Waals surface area contributed by atoms with Crippen molar-refractivity contribution in [2.75, 3.05) is 14.2 Å². The van der Waals surface area contributed by atoms with Gasteiger partial charge in [0, 0.05) is 23.8 Å². The lowest BCUT2D eigenvalue weighted by Crippen LogP contribution is -2.11. The van der Waals surface area contributed by atoms with Crippen LogP contribution in [0.15, 0.2) is 46.9 Å². The maximum Gasteiger partial charge on any atom is 0.342 e. The van der Waals surface area contributed by atoms with Gasteiger partial charge in [0.15, 0.2) is 6.10 Å². The van der Waals surface area contributed by atoms with Crippen molar-refractivity contribution < 1.29 is 28.3 Å². The Hall–Kier alpha value is -3.95. The van der Waals surface area contributed by atoms with Gasteiger partial charge < -0.3 is 18.6 Å². The fraction of sp³-hybridized carbons (Fsp3) is 0.211. The molecule has 0 aliphatic carbocycles. The number of benzene rings is 2. The van der Waals surface area contributed by atoms with Crippen LogP contribution in [0.5, 0.6) is 11.5 Å². The summed E-state index contributed by atoms with van der Waals surface area (Å²) in [6.07, 6.45) is -0.825. The van der Waals surface area contributed by atoms with Crippen molar-refractivity contribution >= 4 is 11.7 Å². The number of methoxy groups -OCH3 is 2. The Balaban J connectivity index is 1.74. The molecule has 0 amide bonds. The fourth-order valence-electron chi connectivity index (χ4n) is 2.48. The van der Waals surface area contributed by atoms with E-state index in [-0.39, 0.29) is 23.0 Å². The minimum absolute atomic E-state index is 0.0516. The zero-order chi connectivity index (χ0) is 21.0. The Kier molecular flexibility index (Phi) is 5.72. The summed E-state index contributed by atoms with van der Waals surface area (Å²) in [4.78, 5) is 22.7. The average Bonchev–Trinajstić information content (AvgIpc) is 3.23. The lowest BCUT2D eigenvalue weighted by atomic mass is 10.2. The number of carbonyl (C=O) groups is 1. The molecule has 0 bridgehead atoms. The molecule has 1 heterocycles. The van der Waals surface area contributed by atoms with Crippen LogP contribution in [0.4, 0.5) is 5.69 Å². The van der Waals surface area contributed by atoms with E-state index in [4.69, 9.17) is 18.6 Å². The predicted octanol–water partition coefficient (Wildman–Crippen LogP) is 3.58. The van der Waals surface area contributed by atoms with Crippen molar-refractivity contribution in [1.29, 1.82) is 0 Å². The molecule has 3 aromatic rings. The van der Waals surface area contributed by atoms with Crippen LogP contribution in [0.3, 0.4) is 0 Å². The van der Waals surface area contributed by atoms with E-state index in [1.165, 1.54) is 44.6 Å². The van der Waals surface area contributed by atoms with E-state index in [1.54, 1.807) is 19.1 Å². The zero-order valence-electron chi connectivity index (χ0n) is 15.8. The van der Waals surface area contributed by atoms with Gasteiger partial charge in [-0.05, 0) is 31.2 Å². The first kappa shape index (κ1) is 19.8. The first-order valence-electron chi connectivity index (χ1n) is 8.44. The monoisotopic (exact) mass is 399 g/mol. The standard InChI is InChI=1S/C19H17N3O7/c1-11(28-19(23)15-9-8-14(26-2)10-16(15)27-3)17-20-21-18(29-17)12-4-6-13(7-5-12)22(24)25/h4-11H,1-3H3. The first-order chi connectivity index (χ1) is 13.9. The van der Waals surface area contributed by atoms with Crippen molar-refractivity contribution in [2.45, 2.75) is 13.0 Å². The van der Waals surface area contributed by atoms with E-state index in [0.717, 1.165) is 0 Å². The number of rotatable bonds is 7. The van der Waals surface area contributed by atoms with Crippen molar-refractivity contribution in [3.05, 3.63) is 64.0 Å². The predicted molar refractivity (Wildman–Crippen MR) is 99.8 cm³/mol. The Morgan fingerprint density at radius 2 is 1.83 bits per heavy atom. The molecule has 10 heteroatoms. The summed E-state index contributed by atoms with van der Waals surface area (Å²) < 4.78 is 21.2. The number of nitro groups is 1. The summed E-state index contributed by atoms with van der Waals surface area (Å²) in [6.45, 7) is 1.58. The topological polar surface area (TPSA) is 127 Å². The Labute approximate surface area is 165 Å². The first-order valence-corrected chi connectivity index (χ1v) is 8.44. The molecule has 0 aliphatic heterocycles. The Bertz CT molecular complexity index is 1030. The number of esters is 1. The lowest BCUT2D eigenvalue weighted by molar-refractivity contribution is -0.384. The highest BCUT2D eigenvalue weighted by atomic mass is 16.6. The number of aromatic nitrogens is 2. The molecule has 1 unspecified atom stereocenters. The molecular weight excluding hydrogens is 382 g/mol. The van der Waals surface area contributed by atoms with Crippen LogP contribution in [0.25, 0.3) is 11.5 Å². The highest BCUT2D eigenvalue weighted by Crippen LogP contribution is 2.28. The van der Waals surface area contributed by atoms with Gasteiger partial charge in [-0.1, -0.05) is 0 Å². The van der Waals surface area contributed by atoms with Gasteiger partial charge in [-0.3, -0.25) is 10.1 Å². The molecule has 0 fully saturated rings. The van der Waals surface area contributed by atoms with Gasteiger partial charge in [0.1, 0.15) is 17.1 Å². The van der Waals surface area contributed by atoms with Gasteiger partial charge in [0.2, 0.25) is 5.89 Å². The lowest BCUT2D eigenvalue weighted by Gasteiger charge is -2.12. The number of ether oxygens (including phenoxy) is 3. The van der Waals surface area contributed by atoms with E-state index in [0.29, 0.717) is 17.1 Å². The third-order valence-electron chi connectivity index (χ3n) is 4.03. The highest BCUT2D eigenvalue weighted by molar-refractivity contribution is 5.92. The van der Waals surface area contributed by atoms with E-state index < -0.39 is 17.0 Å². The summed E-state index contributed by atoms with van der Waals surface area (Å²) in [5.41, 5.74) is 0.671. The van der Waals surface area contributed by atoms with Crippen LogP contribution in [-0.4, -0.2) is 35.3 Å². The van der Waals surface area contributed by atoms with Crippen molar-refractivity contribution in [1.82, 2.24) is 10.2 Å². The van der Waals surface area contributed by atoms with Crippen LogP contribution in [0.2, 0.25) is 0 Å². The second kappa shape index (κ2) is 8.38. The van der Waals surface area contributed by atoms with Gasteiger partial charge in [-0.15, -0.1) is 10.2 Å². The van der Waals surface area contributed by atoms with Crippen LogP contribution in [0, 0.1) is 10.1 Å². The molecule has 1 atom stereocenters. The largest absolute Gasteiger partial charge is 0.497 e. The molecule has 0 aliphatic rings. The molecule has 1 aromatic heterocycles. The quantitative estimate of drug-likeness (QED) is 0.333. The highest BCUT2D eigenvalue weighted by Gasteiger charge is 2.22.